The van der Waals surface area contributed by atoms with Crippen LogP contribution in [0.3, 0.4) is 0 Å². The van der Waals surface area contributed by atoms with Gasteiger partial charge in [-0.2, -0.15) is 0 Å². The average molecular weight is 306 g/mol. The molecule has 4 nitrogen and oxygen atoms in total. The fourth-order valence-electron chi connectivity index (χ4n) is 2.61. The summed E-state index contributed by atoms with van der Waals surface area (Å²) in [6.45, 7) is 2.96. The maximum Gasteiger partial charge on any atom is 0.150 e. The van der Waals surface area contributed by atoms with Crippen molar-refractivity contribution in [1.29, 1.82) is 0 Å². The summed E-state index contributed by atoms with van der Waals surface area (Å²) in [6, 6.07) is 12.5. The van der Waals surface area contributed by atoms with Crippen molar-refractivity contribution in [2.75, 3.05) is 16.0 Å². The lowest BCUT2D eigenvalue weighted by molar-refractivity contribution is 0.954. The minimum absolute atomic E-state index is 0.529. The molecule has 1 aliphatic rings. The number of unbranched alkanes of at least 4 members (excludes halogenated alkanes) is 1. The second kappa shape index (κ2) is 7.01. The number of rotatable bonds is 5. The van der Waals surface area contributed by atoms with Crippen LogP contribution in [-0.2, 0) is 6.54 Å². The molecule has 0 bridgehead atoms. The molecule has 0 spiro atoms. The first kappa shape index (κ1) is 15.2. The molecule has 0 aliphatic carbocycles. The minimum atomic E-state index is 0.529. The Morgan fingerprint density at radius 3 is 2.87 bits per heavy atom. The molecule has 1 aromatic heterocycles. The summed E-state index contributed by atoms with van der Waals surface area (Å²) in [7, 11) is 0. The number of nitrogens with zero attached hydrogens (tertiary/aromatic N) is 2. The van der Waals surface area contributed by atoms with Gasteiger partial charge in [0, 0.05) is 18.9 Å². The number of hydrogen-bond donors (Lipinski definition) is 2. The second-order valence-corrected chi connectivity index (χ2v) is 5.59. The topological polar surface area (TPSA) is 54.2 Å². The number of fused-ring (bicyclic) bond motifs is 1. The zero-order valence-electron chi connectivity index (χ0n) is 13.4. The van der Waals surface area contributed by atoms with Gasteiger partial charge in [0.15, 0.2) is 0 Å². The van der Waals surface area contributed by atoms with Crippen molar-refractivity contribution in [2.24, 2.45) is 0 Å². The molecule has 3 rings (SSSR count). The highest BCUT2D eigenvalue weighted by Crippen LogP contribution is 2.35. The van der Waals surface area contributed by atoms with Crippen LogP contribution in [0.25, 0.3) is 6.08 Å². The van der Waals surface area contributed by atoms with Crippen LogP contribution in [0.5, 0.6) is 0 Å². The number of nitrogens with two attached hydrogens (primary N) is 1. The molecule has 0 fully saturated rings. The fraction of sp³-hybridized carbons (Fsp3) is 0.211. The van der Waals surface area contributed by atoms with Crippen LogP contribution in [0, 0.1) is 0 Å². The lowest BCUT2D eigenvalue weighted by atomic mass is 10.1. The summed E-state index contributed by atoms with van der Waals surface area (Å²) in [5.74, 6) is 0.529. The highest BCUT2D eigenvalue weighted by atomic mass is 15.2. The Kier molecular flexibility index (Phi) is 4.62. The lowest BCUT2D eigenvalue weighted by Crippen LogP contribution is -2.21. The van der Waals surface area contributed by atoms with Crippen molar-refractivity contribution in [2.45, 2.75) is 26.3 Å². The third-order valence-corrected chi connectivity index (χ3v) is 3.78. The molecule has 0 amide bonds. The number of allylic oxidation sites excluding steroid dienone is 1. The SMILES string of the molecule is CCCC=Cc1cc2c(c(N)n1)NC=CN2Cc1ccccc1. The smallest absolute Gasteiger partial charge is 0.150 e. The van der Waals surface area contributed by atoms with E-state index in [1.54, 1.807) is 0 Å². The first-order valence-corrected chi connectivity index (χ1v) is 7.98. The van der Waals surface area contributed by atoms with Gasteiger partial charge in [0.05, 0.1) is 11.4 Å². The van der Waals surface area contributed by atoms with Crippen molar-refractivity contribution < 1.29 is 0 Å². The Hall–Kier alpha value is -2.75. The third-order valence-electron chi connectivity index (χ3n) is 3.78. The fourth-order valence-corrected chi connectivity index (χ4v) is 2.61. The van der Waals surface area contributed by atoms with Crippen LogP contribution in [0.4, 0.5) is 17.2 Å². The highest BCUT2D eigenvalue weighted by Gasteiger charge is 2.17. The van der Waals surface area contributed by atoms with E-state index in [1.807, 2.05) is 24.5 Å². The Morgan fingerprint density at radius 1 is 1.26 bits per heavy atom. The van der Waals surface area contributed by atoms with Crippen LogP contribution in [0.15, 0.2) is 54.9 Å². The van der Waals surface area contributed by atoms with E-state index in [1.165, 1.54) is 5.56 Å². The predicted octanol–water partition coefficient (Wildman–Crippen LogP) is 4.38. The first-order chi connectivity index (χ1) is 11.3. The maximum absolute atomic E-state index is 6.13. The number of nitrogens with one attached hydrogen (secondary N) is 1. The van der Waals surface area contributed by atoms with E-state index in [9.17, 15) is 0 Å². The Labute approximate surface area is 137 Å². The highest BCUT2D eigenvalue weighted by molar-refractivity contribution is 5.84. The van der Waals surface area contributed by atoms with Crippen molar-refractivity contribution >= 4 is 23.3 Å². The van der Waals surface area contributed by atoms with Gasteiger partial charge in [-0.25, -0.2) is 4.98 Å². The number of anilines is 3. The van der Waals surface area contributed by atoms with Crippen LogP contribution in [-0.4, -0.2) is 4.98 Å². The summed E-state index contributed by atoms with van der Waals surface area (Å²) in [6.07, 6.45) is 10.3. The molecule has 1 aliphatic heterocycles. The first-order valence-electron chi connectivity index (χ1n) is 7.98. The molecule has 3 N–H and O–H groups in total. The molecular weight excluding hydrogens is 284 g/mol. The minimum Gasteiger partial charge on any atom is -0.382 e. The number of nitrogen functional groups attached to an aromatic ring is 1. The molecular formula is C19H22N4. The molecule has 2 heterocycles. The molecule has 1 aromatic carbocycles. The van der Waals surface area contributed by atoms with Gasteiger partial charge in [-0.15, -0.1) is 0 Å². The molecule has 0 radical (unpaired) electrons. The maximum atomic E-state index is 6.13. The van der Waals surface area contributed by atoms with E-state index in [0.717, 1.165) is 36.5 Å². The van der Waals surface area contributed by atoms with Gasteiger partial charge in [0.2, 0.25) is 0 Å². The van der Waals surface area contributed by atoms with Gasteiger partial charge < -0.3 is 16.0 Å². The van der Waals surface area contributed by atoms with Gasteiger partial charge in [0.25, 0.3) is 0 Å². The van der Waals surface area contributed by atoms with Gasteiger partial charge in [-0.3, -0.25) is 0 Å². The molecule has 0 saturated heterocycles. The molecule has 23 heavy (non-hydrogen) atoms. The normalized spacial score (nSPS) is 13.2. The van der Waals surface area contributed by atoms with Crippen LogP contribution in [0.1, 0.15) is 31.0 Å². The Morgan fingerprint density at radius 2 is 2.09 bits per heavy atom. The molecule has 2 aromatic rings. The molecule has 0 saturated carbocycles. The van der Waals surface area contributed by atoms with Crippen LogP contribution < -0.4 is 16.0 Å². The van der Waals surface area contributed by atoms with Gasteiger partial charge in [-0.1, -0.05) is 49.8 Å². The number of hydrogen-bond acceptors (Lipinski definition) is 4. The van der Waals surface area contributed by atoms with E-state index in [2.05, 4.69) is 58.5 Å². The van der Waals surface area contributed by atoms with E-state index in [4.69, 9.17) is 5.73 Å². The summed E-state index contributed by atoms with van der Waals surface area (Å²) in [5, 5.41) is 3.21. The van der Waals surface area contributed by atoms with Crippen molar-refractivity contribution in [3.63, 3.8) is 0 Å². The van der Waals surface area contributed by atoms with E-state index < -0.39 is 0 Å². The van der Waals surface area contributed by atoms with Gasteiger partial charge >= 0.3 is 0 Å². The van der Waals surface area contributed by atoms with Gasteiger partial charge in [-0.05, 0) is 24.1 Å². The Balaban J connectivity index is 1.91. The van der Waals surface area contributed by atoms with Crippen molar-refractivity contribution in [1.82, 2.24) is 4.98 Å². The van der Waals surface area contributed by atoms with E-state index in [-0.39, 0.29) is 0 Å². The Bertz CT molecular complexity index is 720. The summed E-state index contributed by atoms with van der Waals surface area (Å²) in [4.78, 5) is 6.66. The number of aromatic nitrogens is 1. The molecule has 0 unspecified atom stereocenters. The average Bonchev–Trinajstić information content (AvgIpc) is 2.57. The standard InChI is InChI=1S/C19H22N4/c1-2-3-5-10-16-13-17-18(19(20)22-16)21-11-12-23(17)14-15-8-6-4-7-9-15/h4-13,21H,2-3,14H2,1H3,(H2,20,22). The molecule has 4 heteroatoms. The van der Waals surface area contributed by atoms with Crippen LogP contribution in [0.2, 0.25) is 0 Å². The summed E-state index contributed by atoms with van der Waals surface area (Å²) in [5.41, 5.74) is 10.2. The van der Waals surface area contributed by atoms with Gasteiger partial charge in [0.1, 0.15) is 11.5 Å². The van der Waals surface area contributed by atoms with E-state index in [0.29, 0.717) is 5.82 Å². The van der Waals surface area contributed by atoms with Crippen LogP contribution >= 0.6 is 0 Å². The summed E-state index contributed by atoms with van der Waals surface area (Å²) >= 11 is 0. The predicted molar refractivity (Wildman–Crippen MR) is 98.0 cm³/mol. The monoisotopic (exact) mass is 306 g/mol. The molecule has 118 valence electrons. The van der Waals surface area contributed by atoms with Crippen molar-refractivity contribution in [3.05, 3.63) is 66.1 Å². The zero-order valence-corrected chi connectivity index (χ0v) is 13.4. The molecule has 0 atom stereocenters. The number of benzene rings is 1. The van der Waals surface area contributed by atoms with Crippen molar-refractivity contribution in [3.8, 4) is 0 Å². The largest absolute Gasteiger partial charge is 0.382 e. The lowest BCUT2D eigenvalue weighted by Gasteiger charge is -2.28. The third kappa shape index (κ3) is 3.54. The summed E-state index contributed by atoms with van der Waals surface area (Å²) < 4.78 is 0. The zero-order chi connectivity index (χ0) is 16.1. The second-order valence-electron chi connectivity index (χ2n) is 5.59. The number of pyridine rings is 1. The van der Waals surface area contributed by atoms with E-state index >= 15 is 0 Å². The quantitative estimate of drug-likeness (QED) is 0.860.